The number of nitrogens with zero attached hydrogens (tertiary/aromatic N) is 2. The first-order valence-electron chi connectivity index (χ1n) is 8.18. The van der Waals surface area contributed by atoms with Crippen LogP contribution in [0.2, 0.25) is 0 Å². The van der Waals surface area contributed by atoms with Crippen LogP contribution in [0.4, 0.5) is 0 Å². The van der Waals surface area contributed by atoms with Crippen molar-refractivity contribution in [2.75, 3.05) is 26.2 Å². The van der Waals surface area contributed by atoms with Gasteiger partial charge in [-0.3, -0.25) is 9.80 Å². The Morgan fingerprint density at radius 3 is 2.39 bits per heavy atom. The monoisotopic (exact) mass is 252 g/mol. The zero-order valence-electron chi connectivity index (χ0n) is 12.7. The summed E-state index contributed by atoms with van der Waals surface area (Å²) in [6.07, 6.45) is 8.56. The van der Waals surface area contributed by atoms with Crippen molar-refractivity contribution >= 4 is 0 Å². The van der Waals surface area contributed by atoms with E-state index in [1.54, 1.807) is 0 Å². The molecule has 0 N–H and O–H groups in total. The summed E-state index contributed by atoms with van der Waals surface area (Å²) in [4.78, 5) is 5.47. The van der Waals surface area contributed by atoms with Gasteiger partial charge in [-0.2, -0.15) is 0 Å². The lowest BCUT2D eigenvalue weighted by Gasteiger charge is -2.43. The summed E-state index contributed by atoms with van der Waals surface area (Å²) < 4.78 is 0. The van der Waals surface area contributed by atoms with Gasteiger partial charge in [0.05, 0.1) is 0 Å². The molecule has 0 amide bonds. The second-order valence-electron chi connectivity index (χ2n) is 6.65. The number of rotatable bonds is 4. The molecule has 2 heteroatoms. The molecule has 106 valence electrons. The Bertz CT molecular complexity index is 231. The molecule has 0 aromatic rings. The van der Waals surface area contributed by atoms with Crippen LogP contribution in [0.3, 0.4) is 0 Å². The van der Waals surface area contributed by atoms with Crippen molar-refractivity contribution in [3.63, 3.8) is 0 Å². The number of hydrogen-bond donors (Lipinski definition) is 0. The first-order chi connectivity index (χ1) is 8.70. The summed E-state index contributed by atoms with van der Waals surface area (Å²) in [5.74, 6) is 1.02. The van der Waals surface area contributed by atoms with Crippen LogP contribution in [-0.4, -0.2) is 48.1 Å². The molecule has 0 aromatic heterocycles. The largest absolute Gasteiger partial charge is 0.299 e. The normalized spacial score (nSPS) is 29.0. The Morgan fingerprint density at radius 2 is 1.78 bits per heavy atom. The average Bonchev–Trinajstić information content (AvgIpc) is 2.40. The van der Waals surface area contributed by atoms with E-state index in [0.29, 0.717) is 0 Å². The fourth-order valence-corrected chi connectivity index (χ4v) is 3.77. The fraction of sp³-hybridized carbons (Fsp3) is 1.00. The van der Waals surface area contributed by atoms with Gasteiger partial charge in [-0.15, -0.1) is 0 Å². The van der Waals surface area contributed by atoms with Gasteiger partial charge in [0.15, 0.2) is 0 Å². The second kappa shape index (κ2) is 6.91. The van der Waals surface area contributed by atoms with Gasteiger partial charge in [0.25, 0.3) is 0 Å². The summed E-state index contributed by atoms with van der Waals surface area (Å²) in [5.41, 5.74) is 0. The van der Waals surface area contributed by atoms with E-state index in [1.807, 2.05) is 0 Å². The third kappa shape index (κ3) is 3.71. The molecule has 2 aliphatic rings. The van der Waals surface area contributed by atoms with Crippen molar-refractivity contribution in [3.8, 4) is 0 Å². The molecule has 0 bridgehead atoms. The zero-order chi connectivity index (χ0) is 13.0. The average molecular weight is 252 g/mol. The molecule has 2 fully saturated rings. The van der Waals surface area contributed by atoms with Crippen molar-refractivity contribution in [3.05, 3.63) is 0 Å². The van der Waals surface area contributed by atoms with E-state index in [-0.39, 0.29) is 0 Å². The Balaban J connectivity index is 1.78. The number of hydrogen-bond acceptors (Lipinski definition) is 2. The summed E-state index contributed by atoms with van der Waals surface area (Å²) in [5, 5.41) is 0. The highest BCUT2D eigenvalue weighted by Gasteiger charge is 2.29. The highest BCUT2D eigenvalue weighted by molar-refractivity contribution is 4.85. The molecule has 0 saturated carbocycles. The van der Waals surface area contributed by atoms with E-state index in [9.17, 15) is 0 Å². The molecule has 18 heavy (non-hydrogen) atoms. The minimum Gasteiger partial charge on any atom is -0.299 e. The molecule has 2 aliphatic heterocycles. The maximum atomic E-state index is 2.79. The first-order valence-corrected chi connectivity index (χ1v) is 8.18. The van der Waals surface area contributed by atoms with Crippen molar-refractivity contribution in [2.24, 2.45) is 5.92 Å². The van der Waals surface area contributed by atoms with Crippen LogP contribution >= 0.6 is 0 Å². The third-order valence-electron chi connectivity index (χ3n) is 5.02. The molecule has 0 aromatic carbocycles. The van der Waals surface area contributed by atoms with Gasteiger partial charge in [0.2, 0.25) is 0 Å². The van der Waals surface area contributed by atoms with E-state index >= 15 is 0 Å². The lowest BCUT2D eigenvalue weighted by atomic mass is 9.90. The number of piperidine rings is 2. The minimum atomic E-state index is 0.727. The van der Waals surface area contributed by atoms with Crippen molar-refractivity contribution < 1.29 is 0 Å². The maximum Gasteiger partial charge on any atom is 0.0223 e. The predicted molar refractivity (Wildman–Crippen MR) is 78.9 cm³/mol. The fourth-order valence-electron chi connectivity index (χ4n) is 3.77. The second-order valence-corrected chi connectivity index (χ2v) is 6.65. The van der Waals surface area contributed by atoms with E-state index in [2.05, 4.69) is 30.6 Å². The van der Waals surface area contributed by atoms with Crippen LogP contribution in [0.1, 0.15) is 59.3 Å². The van der Waals surface area contributed by atoms with E-state index in [4.69, 9.17) is 0 Å². The minimum absolute atomic E-state index is 0.727. The molecular formula is C16H32N2. The lowest BCUT2D eigenvalue weighted by Crippen LogP contribution is -2.51. The van der Waals surface area contributed by atoms with E-state index < -0.39 is 0 Å². The molecule has 2 rings (SSSR count). The smallest absolute Gasteiger partial charge is 0.0223 e. The first kappa shape index (κ1) is 14.3. The molecule has 0 aliphatic carbocycles. The van der Waals surface area contributed by atoms with Crippen LogP contribution in [-0.2, 0) is 0 Å². The standard InChI is InChI=1S/C16H32N2/c1-4-6-15-8-11-17(12-9-15)16-7-5-10-18(13-16)14(2)3/h14-16H,4-13H2,1-3H3. The zero-order valence-corrected chi connectivity index (χ0v) is 12.7. The molecule has 0 radical (unpaired) electrons. The number of likely N-dealkylation sites (tertiary alicyclic amines) is 2. The van der Waals surface area contributed by atoms with E-state index in [1.165, 1.54) is 64.7 Å². The van der Waals surface area contributed by atoms with Crippen LogP contribution in [0, 0.1) is 5.92 Å². The maximum absolute atomic E-state index is 2.79. The van der Waals surface area contributed by atoms with Crippen LogP contribution in [0.25, 0.3) is 0 Å². The van der Waals surface area contributed by atoms with Crippen molar-refractivity contribution in [2.45, 2.75) is 71.4 Å². The third-order valence-corrected chi connectivity index (χ3v) is 5.02. The highest BCUT2D eigenvalue weighted by atomic mass is 15.2. The van der Waals surface area contributed by atoms with Gasteiger partial charge >= 0.3 is 0 Å². The molecule has 2 nitrogen and oxygen atoms in total. The quantitative estimate of drug-likeness (QED) is 0.757. The van der Waals surface area contributed by atoms with Gasteiger partial charge in [0, 0.05) is 18.6 Å². The van der Waals surface area contributed by atoms with Crippen molar-refractivity contribution in [1.82, 2.24) is 9.80 Å². The summed E-state index contributed by atoms with van der Waals surface area (Å²) in [6.45, 7) is 12.4. The molecule has 2 saturated heterocycles. The SMILES string of the molecule is CCCC1CCN(C2CCCN(C(C)C)C2)CC1. The molecule has 0 spiro atoms. The Hall–Kier alpha value is -0.0800. The van der Waals surface area contributed by atoms with Crippen molar-refractivity contribution in [1.29, 1.82) is 0 Å². The van der Waals surface area contributed by atoms with Crippen LogP contribution in [0.5, 0.6) is 0 Å². The van der Waals surface area contributed by atoms with Crippen LogP contribution < -0.4 is 0 Å². The van der Waals surface area contributed by atoms with Crippen LogP contribution in [0.15, 0.2) is 0 Å². The topological polar surface area (TPSA) is 6.48 Å². The molecule has 2 heterocycles. The van der Waals surface area contributed by atoms with Gasteiger partial charge in [0.1, 0.15) is 0 Å². The summed E-state index contributed by atoms with van der Waals surface area (Å²) in [7, 11) is 0. The Labute approximate surface area is 114 Å². The van der Waals surface area contributed by atoms with Gasteiger partial charge in [-0.25, -0.2) is 0 Å². The summed E-state index contributed by atoms with van der Waals surface area (Å²) in [6, 6.07) is 1.58. The lowest BCUT2D eigenvalue weighted by molar-refractivity contribution is 0.0555. The Kier molecular flexibility index (Phi) is 5.50. The molecule has 1 unspecified atom stereocenters. The highest BCUT2D eigenvalue weighted by Crippen LogP contribution is 2.26. The van der Waals surface area contributed by atoms with E-state index in [0.717, 1.165) is 18.0 Å². The van der Waals surface area contributed by atoms with Gasteiger partial charge in [-0.05, 0) is 65.1 Å². The Morgan fingerprint density at radius 1 is 1.06 bits per heavy atom. The molecular weight excluding hydrogens is 220 g/mol. The molecule has 1 atom stereocenters. The summed E-state index contributed by atoms with van der Waals surface area (Å²) >= 11 is 0. The van der Waals surface area contributed by atoms with Gasteiger partial charge in [-0.1, -0.05) is 19.8 Å². The van der Waals surface area contributed by atoms with Gasteiger partial charge < -0.3 is 0 Å². The predicted octanol–water partition coefficient (Wildman–Crippen LogP) is 3.37.